The Bertz CT molecular complexity index is 561. The summed E-state index contributed by atoms with van der Waals surface area (Å²) in [6, 6.07) is 3.86. The first kappa shape index (κ1) is 13.8. The summed E-state index contributed by atoms with van der Waals surface area (Å²) < 4.78 is 13.1. The molecule has 0 radical (unpaired) electrons. The molecule has 1 aromatic carbocycles. The highest BCUT2D eigenvalue weighted by molar-refractivity contribution is 9.11. The molecule has 0 N–H and O–H groups in total. The molecule has 0 spiro atoms. The van der Waals surface area contributed by atoms with Gasteiger partial charge in [-0.15, -0.1) is 0 Å². The van der Waals surface area contributed by atoms with Crippen molar-refractivity contribution in [1.82, 2.24) is 9.97 Å². The fourth-order valence-corrected chi connectivity index (χ4v) is 2.29. The van der Waals surface area contributed by atoms with Crippen LogP contribution in [-0.2, 0) is 0 Å². The Morgan fingerprint density at radius 2 is 1.50 bits per heavy atom. The molecule has 0 aliphatic carbocycles. The SMILES string of the molecule is COc1cc(Br)c(Oc2ncc(Br)cn2)cc1Br. The van der Waals surface area contributed by atoms with E-state index in [1.165, 1.54) is 0 Å². The topological polar surface area (TPSA) is 44.2 Å². The van der Waals surface area contributed by atoms with Crippen molar-refractivity contribution in [2.75, 3.05) is 7.11 Å². The highest BCUT2D eigenvalue weighted by Crippen LogP contribution is 2.37. The second-order valence-electron chi connectivity index (χ2n) is 3.20. The molecule has 0 aliphatic rings. The van der Waals surface area contributed by atoms with Gasteiger partial charge in [0.1, 0.15) is 11.5 Å². The Kier molecular flexibility index (Phi) is 4.58. The minimum atomic E-state index is 0.274. The van der Waals surface area contributed by atoms with Gasteiger partial charge in [0.15, 0.2) is 0 Å². The number of aromatic nitrogens is 2. The molecule has 7 heteroatoms. The zero-order valence-corrected chi connectivity index (χ0v) is 13.9. The highest BCUT2D eigenvalue weighted by Gasteiger charge is 2.10. The van der Waals surface area contributed by atoms with Crippen LogP contribution in [0.5, 0.6) is 17.5 Å². The largest absolute Gasteiger partial charge is 0.496 e. The van der Waals surface area contributed by atoms with Crippen LogP contribution in [0.4, 0.5) is 0 Å². The van der Waals surface area contributed by atoms with E-state index >= 15 is 0 Å². The van der Waals surface area contributed by atoms with Gasteiger partial charge in [0.2, 0.25) is 0 Å². The Hall–Kier alpha value is -0.660. The lowest BCUT2D eigenvalue weighted by Crippen LogP contribution is -1.93. The van der Waals surface area contributed by atoms with Crippen molar-refractivity contribution in [2.24, 2.45) is 0 Å². The maximum Gasteiger partial charge on any atom is 0.321 e. The number of benzene rings is 1. The molecule has 0 fully saturated rings. The van der Waals surface area contributed by atoms with Crippen LogP contribution in [0, 0.1) is 0 Å². The Morgan fingerprint density at radius 3 is 2.11 bits per heavy atom. The maximum absolute atomic E-state index is 5.57. The third kappa shape index (κ3) is 3.21. The number of rotatable bonds is 3. The van der Waals surface area contributed by atoms with E-state index in [1.54, 1.807) is 31.6 Å². The molecule has 2 aromatic rings. The van der Waals surface area contributed by atoms with Crippen molar-refractivity contribution in [3.8, 4) is 17.5 Å². The Labute approximate surface area is 129 Å². The molecule has 0 amide bonds. The Balaban J connectivity index is 2.29. The van der Waals surface area contributed by atoms with Crippen molar-refractivity contribution in [1.29, 1.82) is 0 Å². The first-order valence-electron chi connectivity index (χ1n) is 4.78. The van der Waals surface area contributed by atoms with Crippen LogP contribution < -0.4 is 9.47 Å². The number of hydrogen-bond acceptors (Lipinski definition) is 4. The predicted molar refractivity (Wildman–Crippen MR) is 78.2 cm³/mol. The molecule has 0 saturated carbocycles. The van der Waals surface area contributed by atoms with Crippen molar-refractivity contribution >= 4 is 47.8 Å². The van der Waals surface area contributed by atoms with Crippen LogP contribution >= 0.6 is 47.8 Å². The summed E-state index contributed by atoms with van der Waals surface area (Å²) in [6.07, 6.45) is 3.24. The van der Waals surface area contributed by atoms with E-state index < -0.39 is 0 Å². The fraction of sp³-hybridized carbons (Fsp3) is 0.0909. The summed E-state index contributed by atoms with van der Waals surface area (Å²) >= 11 is 10.1. The summed E-state index contributed by atoms with van der Waals surface area (Å²) in [5, 5.41) is 0. The van der Waals surface area contributed by atoms with Gasteiger partial charge in [0.25, 0.3) is 0 Å². The molecular formula is C11H7Br3N2O2. The Morgan fingerprint density at radius 1 is 0.944 bits per heavy atom. The number of hydrogen-bond donors (Lipinski definition) is 0. The van der Waals surface area contributed by atoms with E-state index in [2.05, 4.69) is 57.8 Å². The average molecular weight is 439 g/mol. The lowest BCUT2D eigenvalue weighted by Gasteiger charge is -2.09. The molecule has 2 rings (SSSR count). The molecule has 0 aliphatic heterocycles. The monoisotopic (exact) mass is 436 g/mol. The third-order valence-electron chi connectivity index (χ3n) is 2.00. The number of nitrogens with zero attached hydrogens (tertiary/aromatic N) is 2. The molecule has 0 saturated heterocycles. The summed E-state index contributed by atoms with van der Waals surface area (Å²) in [5.74, 6) is 1.32. The van der Waals surface area contributed by atoms with Gasteiger partial charge in [-0.25, -0.2) is 9.97 Å². The smallest absolute Gasteiger partial charge is 0.321 e. The summed E-state index contributed by atoms with van der Waals surface area (Å²) in [5.41, 5.74) is 0. The second-order valence-corrected chi connectivity index (χ2v) is 5.83. The minimum Gasteiger partial charge on any atom is -0.496 e. The van der Waals surface area contributed by atoms with E-state index in [1.807, 2.05) is 0 Å². The van der Waals surface area contributed by atoms with Gasteiger partial charge in [-0.05, 0) is 53.9 Å². The van der Waals surface area contributed by atoms with Crippen LogP contribution in [0.25, 0.3) is 0 Å². The average Bonchev–Trinajstić information content (AvgIpc) is 2.36. The van der Waals surface area contributed by atoms with Crippen LogP contribution in [0.3, 0.4) is 0 Å². The van der Waals surface area contributed by atoms with Crippen molar-refractivity contribution in [3.63, 3.8) is 0 Å². The van der Waals surface area contributed by atoms with Crippen LogP contribution in [-0.4, -0.2) is 17.1 Å². The summed E-state index contributed by atoms with van der Waals surface area (Å²) in [7, 11) is 1.60. The molecular weight excluding hydrogens is 432 g/mol. The van der Waals surface area contributed by atoms with Gasteiger partial charge < -0.3 is 9.47 Å². The van der Waals surface area contributed by atoms with E-state index in [9.17, 15) is 0 Å². The summed E-state index contributed by atoms with van der Waals surface area (Å²) in [6.45, 7) is 0. The van der Waals surface area contributed by atoms with Crippen LogP contribution in [0.15, 0.2) is 37.9 Å². The van der Waals surface area contributed by atoms with Crippen molar-refractivity contribution in [3.05, 3.63) is 37.9 Å². The first-order chi connectivity index (χ1) is 8.60. The quantitative estimate of drug-likeness (QED) is 0.704. The number of halogens is 3. The molecule has 0 unspecified atom stereocenters. The molecule has 0 atom stereocenters. The van der Waals surface area contributed by atoms with Gasteiger partial charge in [-0.2, -0.15) is 0 Å². The van der Waals surface area contributed by atoms with E-state index in [4.69, 9.17) is 9.47 Å². The third-order valence-corrected chi connectivity index (χ3v) is 3.65. The van der Waals surface area contributed by atoms with E-state index in [0.717, 1.165) is 13.4 Å². The standard InChI is InChI=1S/C11H7Br3N2O2/c1-17-9-2-8(14)10(3-7(9)13)18-11-15-4-6(12)5-16-11/h2-5H,1H3. The highest BCUT2D eigenvalue weighted by atomic mass is 79.9. The molecule has 18 heavy (non-hydrogen) atoms. The lowest BCUT2D eigenvalue weighted by molar-refractivity contribution is 0.406. The number of methoxy groups -OCH3 is 1. The molecule has 94 valence electrons. The van der Waals surface area contributed by atoms with E-state index in [-0.39, 0.29) is 6.01 Å². The minimum absolute atomic E-state index is 0.274. The van der Waals surface area contributed by atoms with Crippen molar-refractivity contribution in [2.45, 2.75) is 0 Å². The van der Waals surface area contributed by atoms with Gasteiger partial charge >= 0.3 is 6.01 Å². The first-order valence-corrected chi connectivity index (χ1v) is 7.16. The normalized spacial score (nSPS) is 10.2. The van der Waals surface area contributed by atoms with Gasteiger partial charge in [0, 0.05) is 18.5 Å². The zero-order chi connectivity index (χ0) is 13.1. The molecule has 1 aromatic heterocycles. The second kappa shape index (κ2) is 5.99. The van der Waals surface area contributed by atoms with Crippen LogP contribution in [0.2, 0.25) is 0 Å². The molecule has 4 nitrogen and oxygen atoms in total. The van der Waals surface area contributed by atoms with Gasteiger partial charge in [-0.3, -0.25) is 0 Å². The van der Waals surface area contributed by atoms with E-state index in [0.29, 0.717) is 11.5 Å². The lowest BCUT2D eigenvalue weighted by atomic mass is 10.3. The molecule has 0 bridgehead atoms. The van der Waals surface area contributed by atoms with Gasteiger partial charge in [0.05, 0.1) is 20.5 Å². The predicted octanol–water partition coefficient (Wildman–Crippen LogP) is 4.57. The van der Waals surface area contributed by atoms with Crippen molar-refractivity contribution < 1.29 is 9.47 Å². The summed E-state index contributed by atoms with van der Waals surface area (Å²) in [4.78, 5) is 8.08. The van der Waals surface area contributed by atoms with Crippen LogP contribution in [0.1, 0.15) is 0 Å². The number of ether oxygens (including phenoxy) is 2. The molecule has 1 heterocycles. The zero-order valence-electron chi connectivity index (χ0n) is 9.15. The maximum atomic E-state index is 5.57. The van der Waals surface area contributed by atoms with Gasteiger partial charge in [-0.1, -0.05) is 0 Å². The fourth-order valence-electron chi connectivity index (χ4n) is 1.20.